The summed E-state index contributed by atoms with van der Waals surface area (Å²) in [7, 11) is 0. The Bertz CT molecular complexity index is 435. The molecule has 1 heterocycles. The molecule has 1 aliphatic carbocycles. The molecule has 2 nitrogen and oxygen atoms in total. The second kappa shape index (κ2) is 5.82. The molecule has 19 heavy (non-hydrogen) atoms. The third kappa shape index (κ3) is 2.81. The predicted octanol–water partition coefficient (Wildman–Crippen LogP) is 3.15. The van der Waals surface area contributed by atoms with Crippen LogP contribution in [0.4, 0.5) is 0 Å². The Balaban J connectivity index is 0.00000133. The first-order valence-corrected chi connectivity index (χ1v) is 7.21. The normalized spacial score (nSPS) is 31.8. The highest BCUT2D eigenvalue weighted by atomic mass is 35.5. The Morgan fingerprint density at radius 1 is 1.26 bits per heavy atom. The lowest BCUT2D eigenvalue weighted by Crippen LogP contribution is -2.31. The SMILES string of the molecule is Cc1cccc(C(C)N2CC3CCC(N)C3C2)c1.Cl. The zero-order valence-corrected chi connectivity index (χ0v) is 12.7. The summed E-state index contributed by atoms with van der Waals surface area (Å²) in [5, 5.41) is 0. The first kappa shape index (κ1) is 14.8. The molecule has 2 fully saturated rings. The number of benzene rings is 1. The molecule has 0 amide bonds. The summed E-state index contributed by atoms with van der Waals surface area (Å²) in [6, 6.07) is 9.89. The predicted molar refractivity (Wildman–Crippen MR) is 82.6 cm³/mol. The first-order chi connectivity index (χ1) is 8.65. The van der Waals surface area contributed by atoms with E-state index in [1.165, 1.54) is 37.1 Å². The number of likely N-dealkylation sites (tertiary alicyclic amines) is 1. The molecule has 1 aromatic carbocycles. The molecule has 0 spiro atoms. The highest BCUT2D eigenvalue weighted by Crippen LogP contribution is 2.40. The van der Waals surface area contributed by atoms with Gasteiger partial charge >= 0.3 is 0 Å². The maximum atomic E-state index is 6.22. The van der Waals surface area contributed by atoms with Gasteiger partial charge in [-0.2, -0.15) is 0 Å². The number of nitrogens with two attached hydrogens (primary N) is 1. The van der Waals surface area contributed by atoms with E-state index in [2.05, 4.69) is 43.0 Å². The number of hydrogen-bond acceptors (Lipinski definition) is 2. The molecule has 1 aliphatic heterocycles. The van der Waals surface area contributed by atoms with Gasteiger partial charge in [0.2, 0.25) is 0 Å². The maximum Gasteiger partial charge on any atom is 0.0320 e. The molecule has 3 rings (SSSR count). The van der Waals surface area contributed by atoms with E-state index >= 15 is 0 Å². The summed E-state index contributed by atoms with van der Waals surface area (Å²) >= 11 is 0. The van der Waals surface area contributed by atoms with Gasteiger partial charge in [0.15, 0.2) is 0 Å². The number of halogens is 1. The van der Waals surface area contributed by atoms with Gasteiger partial charge in [0.05, 0.1) is 0 Å². The molecule has 0 aromatic heterocycles. The third-order valence-corrected chi connectivity index (χ3v) is 5.01. The lowest BCUT2D eigenvalue weighted by Gasteiger charge is -2.26. The van der Waals surface area contributed by atoms with Crippen molar-refractivity contribution in [1.82, 2.24) is 4.90 Å². The molecule has 1 saturated heterocycles. The van der Waals surface area contributed by atoms with Crippen molar-refractivity contribution in [1.29, 1.82) is 0 Å². The summed E-state index contributed by atoms with van der Waals surface area (Å²) in [4.78, 5) is 2.63. The van der Waals surface area contributed by atoms with E-state index < -0.39 is 0 Å². The molecule has 2 aliphatic rings. The van der Waals surface area contributed by atoms with E-state index in [1.807, 2.05) is 0 Å². The van der Waals surface area contributed by atoms with Crippen LogP contribution in [-0.4, -0.2) is 24.0 Å². The molecule has 1 saturated carbocycles. The van der Waals surface area contributed by atoms with Crippen LogP contribution in [0.1, 0.15) is 36.9 Å². The van der Waals surface area contributed by atoms with Gasteiger partial charge in [-0.05, 0) is 44.1 Å². The van der Waals surface area contributed by atoms with Gasteiger partial charge in [0, 0.05) is 25.2 Å². The van der Waals surface area contributed by atoms with Gasteiger partial charge in [-0.15, -0.1) is 12.4 Å². The summed E-state index contributed by atoms with van der Waals surface area (Å²) in [6.45, 7) is 6.95. The topological polar surface area (TPSA) is 29.3 Å². The van der Waals surface area contributed by atoms with Crippen LogP contribution in [0.2, 0.25) is 0 Å². The van der Waals surface area contributed by atoms with Crippen LogP contribution in [0.3, 0.4) is 0 Å². The van der Waals surface area contributed by atoms with Crippen molar-refractivity contribution >= 4 is 12.4 Å². The minimum atomic E-state index is 0. The average Bonchev–Trinajstić information content (AvgIpc) is 2.91. The van der Waals surface area contributed by atoms with Gasteiger partial charge in [-0.3, -0.25) is 4.90 Å². The van der Waals surface area contributed by atoms with E-state index in [1.54, 1.807) is 0 Å². The van der Waals surface area contributed by atoms with Crippen LogP contribution < -0.4 is 5.73 Å². The average molecular weight is 281 g/mol. The Kier molecular flexibility index (Phi) is 4.54. The van der Waals surface area contributed by atoms with E-state index in [-0.39, 0.29) is 12.4 Å². The van der Waals surface area contributed by atoms with Crippen LogP contribution in [0.5, 0.6) is 0 Å². The minimum Gasteiger partial charge on any atom is -0.327 e. The van der Waals surface area contributed by atoms with Gasteiger partial charge in [-0.25, -0.2) is 0 Å². The Hall–Kier alpha value is -0.570. The fraction of sp³-hybridized carbons (Fsp3) is 0.625. The molecule has 0 bridgehead atoms. The molecule has 2 N–H and O–H groups in total. The van der Waals surface area contributed by atoms with E-state index in [9.17, 15) is 0 Å². The number of nitrogens with zero attached hydrogens (tertiary/aromatic N) is 1. The van der Waals surface area contributed by atoms with E-state index in [4.69, 9.17) is 5.73 Å². The summed E-state index contributed by atoms with van der Waals surface area (Å²) in [5.41, 5.74) is 9.02. The lowest BCUT2D eigenvalue weighted by molar-refractivity contribution is 0.239. The van der Waals surface area contributed by atoms with Gasteiger partial charge in [0.25, 0.3) is 0 Å². The van der Waals surface area contributed by atoms with Gasteiger partial charge < -0.3 is 5.73 Å². The lowest BCUT2D eigenvalue weighted by atomic mass is 9.98. The number of rotatable bonds is 2. The Morgan fingerprint density at radius 2 is 2.05 bits per heavy atom. The molecular weight excluding hydrogens is 256 g/mol. The standard InChI is InChI=1S/C16H24N2.ClH/c1-11-4-3-5-13(8-11)12(2)18-9-14-6-7-16(17)15(14)10-18;/h3-5,8,12,14-16H,6-7,9-10,17H2,1-2H3;1H. The van der Waals surface area contributed by atoms with E-state index in [0.717, 1.165) is 11.8 Å². The van der Waals surface area contributed by atoms with Crippen molar-refractivity contribution in [3.63, 3.8) is 0 Å². The van der Waals surface area contributed by atoms with Crippen LogP contribution in [0.25, 0.3) is 0 Å². The molecule has 3 heteroatoms. The van der Waals surface area contributed by atoms with Crippen molar-refractivity contribution in [3.8, 4) is 0 Å². The van der Waals surface area contributed by atoms with Crippen molar-refractivity contribution in [3.05, 3.63) is 35.4 Å². The van der Waals surface area contributed by atoms with Crippen molar-refractivity contribution in [2.75, 3.05) is 13.1 Å². The minimum absolute atomic E-state index is 0. The largest absolute Gasteiger partial charge is 0.327 e. The molecule has 1 aromatic rings. The number of aryl methyl sites for hydroxylation is 1. The highest BCUT2D eigenvalue weighted by Gasteiger charge is 2.42. The molecule has 0 radical (unpaired) electrons. The zero-order valence-electron chi connectivity index (χ0n) is 11.9. The fourth-order valence-electron chi connectivity index (χ4n) is 3.80. The van der Waals surface area contributed by atoms with Crippen LogP contribution in [-0.2, 0) is 0 Å². The van der Waals surface area contributed by atoms with Crippen molar-refractivity contribution in [2.24, 2.45) is 17.6 Å². The van der Waals surface area contributed by atoms with Gasteiger partial charge in [0.1, 0.15) is 0 Å². The number of hydrogen-bond donors (Lipinski definition) is 1. The molecule has 106 valence electrons. The van der Waals surface area contributed by atoms with Gasteiger partial charge in [-0.1, -0.05) is 29.8 Å². The Morgan fingerprint density at radius 3 is 2.74 bits per heavy atom. The highest BCUT2D eigenvalue weighted by molar-refractivity contribution is 5.85. The first-order valence-electron chi connectivity index (χ1n) is 7.21. The van der Waals surface area contributed by atoms with Crippen molar-refractivity contribution in [2.45, 2.75) is 38.8 Å². The second-order valence-electron chi connectivity index (χ2n) is 6.21. The molecule has 4 unspecified atom stereocenters. The third-order valence-electron chi connectivity index (χ3n) is 5.01. The molecular formula is C16H25ClN2. The molecule has 4 atom stereocenters. The summed E-state index contributed by atoms with van der Waals surface area (Å²) in [6.07, 6.45) is 2.57. The van der Waals surface area contributed by atoms with Crippen molar-refractivity contribution < 1.29 is 0 Å². The van der Waals surface area contributed by atoms with E-state index in [0.29, 0.717) is 12.1 Å². The fourth-order valence-corrected chi connectivity index (χ4v) is 3.80. The summed E-state index contributed by atoms with van der Waals surface area (Å²) in [5.74, 6) is 1.60. The monoisotopic (exact) mass is 280 g/mol. The second-order valence-corrected chi connectivity index (χ2v) is 6.21. The quantitative estimate of drug-likeness (QED) is 0.902. The van der Waals surface area contributed by atoms with Crippen LogP contribution in [0, 0.1) is 18.8 Å². The Labute approximate surface area is 122 Å². The smallest absolute Gasteiger partial charge is 0.0320 e. The number of fused-ring (bicyclic) bond motifs is 1. The van der Waals surface area contributed by atoms with Crippen LogP contribution >= 0.6 is 12.4 Å². The summed E-state index contributed by atoms with van der Waals surface area (Å²) < 4.78 is 0. The zero-order chi connectivity index (χ0) is 12.7. The van der Waals surface area contributed by atoms with Crippen LogP contribution in [0.15, 0.2) is 24.3 Å². The maximum absolute atomic E-state index is 6.22.